The number of hydrogen-bond donors (Lipinski definition) is 2. The van der Waals surface area contributed by atoms with Gasteiger partial charge in [0, 0.05) is 40.7 Å². The molecule has 0 saturated heterocycles. The average molecular weight is 666 g/mol. The molecule has 0 radical (unpaired) electrons. The summed E-state index contributed by atoms with van der Waals surface area (Å²) in [6, 6.07) is 19.2. The number of benzene rings is 2. The fourth-order valence-corrected chi connectivity index (χ4v) is 7.43. The van der Waals surface area contributed by atoms with Crippen LogP contribution in [0.1, 0.15) is 105 Å². The topological polar surface area (TPSA) is 109 Å². The molecule has 2 atom stereocenters. The van der Waals surface area contributed by atoms with Gasteiger partial charge in [-0.1, -0.05) is 82.6 Å². The maximum Gasteiger partial charge on any atom is 0.325 e. The molecule has 7 nitrogen and oxygen atoms in total. The summed E-state index contributed by atoms with van der Waals surface area (Å²) in [6.07, 6.45) is 10.5. The van der Waals surface area contributed by atoms with Crippen LogP contribution in [-0.4, -0.2) is 38.8 Å². The number of carbonyl (C=O) groups is 3. The first kappa shape index (κ1) is 35.1. The van der Waals surface area contributed by atoms with E-state index in [1.807, 2.05) is 48.8 Å². The lowest BCUT2D eigenvalue weighted by Crippen LogP contribution is -2.42. The van der Waals surface area contributed by atoms with Crippen molar-refractivity contribution < 1.29 is 19.5 Å². The molecule has 2 aromatic heterocycles. The Hall–Kier alpha value is -4.17. The maximum atomic E-state index is 13.3. The number of thiophene rings is 1. The fraction of sp³-hybridized carbons (Fsp3) is 0.425. The van der Waals surface area contributed by atoms with Gasteiger partial charge in [0.05, 0.1) is 4.88 Å². The SMILES string of the molecule is CCC1CCC(c2ccc(-c3cnc(-c4ccc(C[C@H](CC(=O)c5ccc(C(C)(C)C)s5)C(=O)N[C@H](C)C(=O)O)cc4)nc3)cc2)CC1. The highest BCUT2D eigenvalue weighted by molar-refractivity contribution is 7.14. The van der Waals surface area contributed by atoms with Gasteiger partial charge in [-0.15, -0.1) is 11.3 Å². The number of aliphatic carboxylic acids is 1. The molecule has 1 saturated carbocycles. The van der Waals surface area contributed by atoms with Gasteiger partial charge in [-0.05, 0) is 85.1 Å². The second-order valence-electron chi connectivity index (χ2n) is 14.3. The number of ketones is 1. The zero-order valence-electron chi connectivity index (χ0n) is 28.7. The molecule has 1 amide bonds. The zero-order chi connectivity index (χ0) is 34.4. The van der Waals surface area contributed by atoms with Crippen molar-refractivity contribution >= 4 is 29.0 Å². The number of carboxylic acids is 1. The summed E-state index contributed by atoms with van der Waals surface area (Å²) in [5, 5.41) is 11.9. The van der Waals surface area contributed by atoms with Crippen LogP contribution in [0.25, 0.3) is 22.5 Å². The highest BCUT2D eigenvalue weighted by Crippen LogP contribution is 2.37. The third kappa shape index (κ3) is 8.84. The highest BCUT2D eigenvalue weighted by Gasteiger charge is 2.27. The minimum absolute atomic E-state index is 0.0183. The Morgan fingerprint density at radius 2 is 1.50 bits per heavy atom. The molecule has 2 N–H and O–H groups in total. The number of nitrogens with zero attached hydrogens (tertiary/aromatic N) is 2. The molecular weight excluding hydrogens is 619 g/mol. The number of hydrogen-bond acceptors (Lipinski definition) is 6. The summed E-state index contributed by atoms with van der Waals surface area (Å²) in [5.41, 5.74) is 5.10. The van der Waals surface area contributed by atoms with E-state index in [0.717, 1.165) is 33.0 Å². The van der Waals surface area contributed by atoms with Crippen LogP contribution >= 0.6 is 11.3 Å². The summed E-state index contributed by atoms with van der Waals surface area (Å²) in [7, 11) is 0. The third-order valence-electron chi connectivity index (χ3n) is 9.64. The first-order chi connectivity index (χ1) is 22.9. The minimum atomic E-state index is -1.13. The normalized spacial score (nSPS) is 17.8. The molecule has 8 heteroatoms. The smallest absolute Gasteiger partial charge is 0.325 e. The molecule has 1 aliphatic carbocycles. The second-order valence-corrected chi connectivity index (χ2v) is 15.3. The van der Waals surface area contributed by atoms with Gasteiger partial charge in [-0.25, -0.2) is 9.97 Å². The van der Waals surface area contributed by atoms with Crippen molar-refractivity contribution in [2.24, 2.45) is 11.8 Å². The van der Waals surface area contributed by atoms with Crippen LogP contribution in [0.4, 0.5) is 0 Å². The van der Waals surface area contributed by atoms with Crippen molar-refractivity contribution in [3.05, 3.63) is 93.9 Å². The number of amides is 1. The van der Waals surface area contributed by atoms with Crippen LogP contribution in [0.2, 0.25) is 0 Å². The molecule has 48 heavy (non-hydrogen) atoms. The zero-order valence-corrected chi connectivity index (χ0v) is 29.5. The first-order valence-electron chi connectivity index (χ1n) is 17.1. The molecule has 0 aliphatic heterocycles. The van der Waals surface area contributed by atoms with Crippen LogP contribution in [0.3, 0.4) is 0 Å². The van der Waals surface area contributed by atoms with Gasteiger partial charge in [0.25, 0.3) is 0 Å². The Bertz CT molecular complexity index is 1700. The summed E-state index contributed by atoms with van der Waals surface area (Å²) in [5.74, 6) is -0.286. The highest BCUT2D eigenvalue weighted by atomic mass is 32.1. The number of carbonyl (C=O) groups excluding carboxylic acids is 2. The number of nitrogens with one attached hydrogen (secondary N) is 1. The van der Waals surface area contributed by atoms with E-state index < -0.39 is 23.8 Å². The molecular formula is C40H47N3O4S. The van der Waals surface area contributed by atoms with Gasteiger partial charge in [0.2, 0.25) is 5.91 Å². The van der Waals surface area contributed by atoms with Crippen LogP contribution in [0.15, 0.2) is 73.1 Å². The van der Waals surface area contributed by atoms with Gasteiger partial charge in [-0.3, -0.25) is 14.4 Å². The molecule has 4 aromatic rings. The Balaban J connectivity index is 1.25. The van der Waals surface area contributed by atoms with Crippen LogP contribution in [-0.2, 0) is 21.4 Å². The third-order valence-corrected chi connectivity index (χ3v) is 11.2. The second kappa shape index (κ2) is 15.4. The van der Waals surface area contributed by atoms with E-state index in [0.29, 0.717) is 16.6 Å². The maximum absolute atomic E-state index is 13.3. The molecule has 252 valence electrons. The lowest BCUT2D eigenvalue weighted by molar-refractivity contribution is -0.141. The molecule has 2 aromatic carbocycles. The van der Waals surface area contributed by atoms with Crippen LogP contribution in [0.5, 0.6) is 0 Å². The van der Waals surface area contributed by atoms with Crippen molar-refractivity contribution in [1.29, 1.82) is 0 Å². The van der Waals surface area contributed by atoms with Crippen molar-refractivity contribution in [1.82, 2.24) is 15.3 Å². The van der Waals surface area contributed by atoms with Crippen molar-refractivity contribution in [2.45, 2.75) is 96.9 Å². The van der Waals surface area contributed by atoms with E-state index in [1.54, 1.807) is 0 Å². The van der Waals surface area contributed by atoms with Crippen molar-refractivity contribution in [3.63, 3.8) is 0 Å². The number of rotatable bonds is 12. The summed E-state index contributed by atoms with van der Waals surface area (Å²) < 4.78 is 0. The van der Waals surface area contributed by atoms with Gasteiger partial charge < -0.3 is 10.4 Å². The molecule has 0 unspecified atom stereocenters. The molecule has 2 heterocycles. The Morgan fingerprint density at radius 3 is 2.06 bits per heavy atom. The van der Waals surface area contributed by atoms with Crippen molar-refractivity contribution in [2.75, 3.05) is 0 Å². The fourth-order valence-electron chi connectivity index (χ4n) is 6.42. The number of aromatic nitrogens is 2. The van der Waals surface area contributed by atoms with Gasteiger partial charge in [-0.2, -0.15) is 0 Å². The van der Waals surface area contributed by atoms with Crippen molar-refractivity contribution in [3.8, 4) is 22.5 Å². The standard InChI is InChI=1S/C40H47N3O4S/c1-6-26-7-11-28(12-8-26)29-15-17-30(18-16-29)33-23-41-37(42-24-33)31-13-9-27(10-14-31)21-32(38(45)43-25(2)39(46)47)22-34(44)35-19-20-36(48-35)40(3,4)5/h9-10,13-20,23-26,28,32H,6-8,11-12,21-22H2,1-5H3,(H,43,45)(H,46,47)/t25-,26?,28?,32-/m1/s1. The molecule has 1 fully saturated rings. The molecule has 1 aliphatic rings. The number of carboxylic acid groups (broad SMARTS) is 1. The molecule has 5 rings (SSSR count). The molecule has 0 bridgehead atoms. The van der Waals surface area contributed by atoms with E-state index in [2.05, 4.69) is 67.2 Å². The van der Waals surface area contributed by atoms with Gasteiger partial charge >= 0.3 is 5.97 Å². The van der Waals surface area contributed by atoms with E-state index in [1.165, 1.54) is 55.9 Å². The van der Waals surface area contributed by atoms with Crippen LogP contribution in [0, 0.1) is 11.8 Å². The quantitative estimate of drug-likeness (QED) is 0.146. The summed E-state index contributed by atoms with van der Waals surface area (Å²) in [6.45, 7) is 10.0. The predicted octanol–water partition coefficient (Wildman–Crippen LogP) is 8.87. The largest absolute Gasteiger partial charge is 0.480 e. The van der Waals surface area contributed by atoms with E-state index in [9.17, 15) is 19.5 Å². The minimum Gasteiger partial charge on any atom is -0.480 e. The van der Waals surface area contributed by atoms with Crippen LogP contribution < -0.4 is 5.32 Å². The number of Topliss-reactive ketones (excluding diaryl/α,β-unsaturated/α-hetero) is 1. The lowest BCUT2D eigenvalue weighted by atomic mass is 9.78. The van der Waals surface area contributed by atoms with E-state index >= 15 is 0 Å². The van der Waals surface area contributed by atoms with E-state index in [4.69, 9.17) is 0 Å². The predicted molar refractivity (Wildman–Crippen MR) is 192 cm³/mol. The molecule has 0 spiro atoms. The van der Waals surface area contributed by atoms with Gasteiger partial charge in [0.1, 0.15) is 6.04 Å². The Kier molecular flexibility index (Phi) is 11.3. The lowest BCUT2D eigenvalue weighted by Gasteiger charge is -2.28. The van der Waals surface area contributed by atoms with Gasteiger partial charge in [0.15, 0.2) is 11.6 Å². The first-order valence-corrected chi connectivity index (χ1v) is 17.9. The summed E-state index contributed by atoms with van der Waals surface area (Å²) >= 11 is 1.44. The summed E-state index contributed by atoms with van der Waals surface area (Å²) in [4.78, 5) is 48.9. The van der Waals surface area contributed by atoms with E-state index in [-0.39, 0.29) is 24.0 Å². The monoisotopic (exact) mass is 665 g/mol. The Morgan fingerprint density at radius 1 is 0.875 bits per heavy atom. The Labute approximate surface area is 288 Å². The average Bonchev–Trinajstić information content (AvgIpc) is 3.60.